The molecule has 2 N–H and O–H groups in total. The van der Waals surface area contributed by atoms with E-state index in [4.69, 9.17) is 0 Å². The summed E-state index contributed by atoms with van der Waals surface area (Å²) >= 11 is 0. The van der Waals surface area contributed by atoms with E-state index in [1.807, 2.05) is 36.4 Å². The largest absolute Gasteiger partial charge is 0.506 e. The van der Waals surface area contributed by atoms with Crippen LogP contribution in [-0.2, 0) is 4.79 Å². The van der Waals surface area contributed by atoms with Crippen LogP contribution in [-0.4, -0.2) is 48.6 Å². The van der Waals surface area contributed by atoms with Crippen LogP contribution in [0.5, 0.6) is 5.75 Å². The highest BCUT2D eigenvalue weighted by atomic mass is 16.3. The van der Waals surface area contributed by atoms with E-state index in [0.717, 1.165) is 37.4 Å². The van der Waals surface area contributed by atoms with Gasteiger partial charge in [0.1, 0.15) is 5.75 Å². The topological polar surface area (TPSA) is 55.8 Å². The summed E-state index contributed by atoms with van der Waals surface area (Å²) in [6.45, 7) is 7.88. The van der Waals surface area contributed by atoms with Crippen LogP contribution < -0.4 is 10.2 Å². The fourth-order valence-electron chi connectivity index (χ4n) is 3.60. The highest BCUT2D eigenvalue weighted by molar-refractivity contribution is 5.78. The number of benzene rings is 2. The number of phenolic OH excluding ortho intramolecular Hbond substituents is 1. The van der Waals surface area contributed by atoms with Gasteiger partial charge in [-0.25, -0.2) is 0 Å². The Morgan fingerprint density at radius 2 is 1.63 bits per heavy atom. The number of phenols is 1. The van der Waals surface area contributed by atoms with Gasteiger partial charge in [-0.1, -0.05) is 56.3 Å². The molecule has 1 fully saturated rings. The van der Waals surface area contributed by atoms with Crippen LogP contribution in [0.4, 0.5) is 5.69 Å². The van der Waals surface area contributed by atoms with Crippen molar-refractivity contribution < 1.29 is 9.90 Å². The Kier molecular flexibility index (Phi) is 6.35. The number of piperazine rings is 1. The van der Waals surface area contributed by atoms with E-state index in [9.17, 15) is 9.90 Å². The van der Waals surface area contributed by atoms with E-state index in [2.05, 4.69) is 41.1 Å². The maximum absolute atomic E-state index is 12.6. The summed E-state index contributed by atoms with van der Waals surface area (Å²) < 4.78 is 0. The van der Waals surface area contributed by atoms with E-state index >= 15 is 0 Å². The molecule has 1 unspecified atom stereocenters. The van der Waals surface area contributed by atoms with E-state index < -0.39 is 0 Å². The molecule has 0 saturated carbocycles. The number of nitrogens with zero attached hydrogens (tertiary/aromatic N) is 2. The van der Waals surface area contributed by atoms with Crippen LogP contribution in [0.1, 0.15) is 25.5 Å². The number of amides is 1. The van der Waals surface area contributed by atoms with Gasteiger partial charge in [0.05, 0.1) is 18.3 Å². The normalized spacial score (nSPS) is 16.3. The summed E-state index contributed by atoms with van der Waals surface area (Å²) in [6, 6.07) is 17.6. The summed E-state index contributed by atoms with van der Waals surface area (Å²) in [4.78, 5) is 16.9. The van der Waals surface area contributed by atoms with Crippen LogP contribution in [0.15, 0.2) is 54.6 Å². The molecular formula is C22H29N3O2. The third-order valence-electron chi connectivity index (χ3n) is 5.10. The zero-order valence-electron chi connectivity index (χ0n) is 16.1. The van der Waals surface area contributed by atoms with Gasteiger partial charge in [-0.3, -0.25) is 9.69 Å². The summed E-state index contributed by atoms with van der Waals surface area (Å²) in [5.41, 5.74) is 2.01. The number of para-hydroxylation sites is 2. The molecule has 1 aliphatic heterocycles. The van der Waals surface area contributed by atoms with Gasteiger partial charge < -0.3 is 15.3 Å². The Balaban J connectivity index is 1.52. The molecule has 1 saturated heterocycles. The van der Waals surface area contributed by atoms with Crippen molar-refractivity contribution in [2.24, 2.45) is 5.92 Å². The van der Waals surface area contributed by atoms with E-state index in [1.165, 1.54) is 0 Å². The van der Waals surface area contributed by atoms with Crippen LogP contribution in [0.3, 0.4) is 0 Å². The molecule has 0 aromatic heterocycles. The number of hydrogen-bond acceptors (Lipinski definition) is 4. The first-order valence-electron chi connectivity index (χ1n) is 9.64. The summed E-state index contributed by atoms with van der Waals surface area (Å²) in [5.74, 6) is 0.703. The lowest BCUT2D eigenvalue weighted by molar-refractivity contribution is -0.123. The zero-order chi connectivity index (χ0) is 19.2. The molecule has 1 aliphatic rings. The Morgan fingerprint density at radius 3 is 2.26 bits per heavy atom. The van der Waals surface area contributed by atoms with Gasteiger partial charge in [-0.2, -0.15) is 0 Å². The molecule has 1 heterocycles. The first kappa shape index (κ1) is 19.2. The number of carbonyl (C=O) groups excluding carboxylic acids is 1. The van der Waals surface area contributed by atoms with Crippen molar-refractivity contribution in [3.63, 3.8) is 0 Å². The second-order valence-electron chi connectivity index (χ2n) is 7.45. The molecule has 27 heavy (non-hydrogen) atoms. The lowest BCUT2D eigenvalue weighted by atomic mass is 9.96. The average Bonchev–Trinajstić information content (AvgIpc) is 2.68. The fourth-order valence-corrected chi connectivity index (χ4v) is 3.60. The van der Waals surface area contributed by atoms with Gasteiger partial charge in [0.2, 0.25) is 5.91 Å². The predicted molar refractivity (Wildman–Crippen MR) is 109 cm³/mol. The molecule has 5 heteroatoms. The number of nitrogens with one attached hydrogen (secondary N) is 1. The Morgan fingerprint density at radius 1 is 1.00 bits per heavy atom. The van der Waals surface area contributed by atoms with Crippen molar-refractivity contribution in [2.45, 2.75) is 19.9 Å². The third kappa shape index (κ3) is 5.01. The average molecular weight is 367 g/mol. The highest BCUT2D eigenvalue weighted by Gasteiger charge is 2.23. The first-order chi connectivity index (χ1) is 13.0. The van der Waals surface area contributed by atoms with Gasteiger partial charge in [-0.15, -0.1) is 0 Å². The summed E-state index contributed by atoms with van der Waals surface area (Å²) in [7, 11) is 0. The van der Waals surface area contributed by atoms with E-state index in [1.54, 1.807) is 6.07 Å². The maximum atomic E-state index is 12.6. The van der Waals surface area contributed by atoms with Gasteiger partial charge in [0, 0.05) is 26.2 Å². The number of anilines is 1. The fraction of sp³-hybridized carbons (Fsp3) is 0.409. The highest BCUT2D eigenvalue weighted by Crippen LogP contribution is 2.27. The molecule has 0 spiro atoms. The van der Waals surface area contributed by atoms with Gasteiger partial charge in [-0.05, 0) is 23.6 Å². The second kappa shape index (κ2) is 8.91. The minimum Gasteiger partial charge on any atom is -0.506 e. The van der Waals surface area contributed by atoms with Gasteiger partial charge in [0.15, 0.2) is 0 Å². The number of carbonyl (C=O) groups is 1. The SMILES string of the molecule is CC(C)C(NC(=O)CN1CCN(c2ccccc2O)CC1)c1ccccc1. The minimum absolute atomic E-state index is 0.0289. The Bertz CT molecular complexity index is 740. The predicted octanol–water partition coefficient (Wildman–Crippen LogP) is 3.03. The standard InChI is InChI=1S/C22H29N3O2/c1-17(2)22(18-8-4-3-5-9-18)23-21(27)16-24-12-14-25(15-13-24)19-10-6-7-11-20(19)26/h3-11,17,22,26H,12-16H2,1-2H3,(H,23,27). The van der Waals surface area contributed by atoms with Crippen molar-refractivity contribution >= 4 is 11.6 Å². The lowest BCUT2D eigenvalue weighted by Crippen LogP contribution is -2.50. The second-order valence-corrected chi connectivity index (χ2v) is 7.45. The molecule has 1 amide bonds. The van der Waals surface area contributed by atoms with Gasteiger partial charge >= 0.3 is 0 Å². The third-order valence-corrected chi connectivity index (χ3v) is 5.10. The van der Waals surface area contributed by atoms with Crippen molar-refractivity contribution in [3.05, 3.63) is 60.2 Å². The Labute approximate surface area is 161 Å². The van der Waals surface area contributed by atoms with Crippen molar-refractivity contribution in [2.75, 3.05) is 37.6 Å². The molecule has 5 nitrogen and oxygen atoms in total. The monoisotopic (exact) mass is 367 g/mol. The molecule has 144 valence electrons. The van der Waals surface area contributed by atoms with Crippen LogP contribution >= 0.6 is 0 Å². The molecule has 2 aromatic rings. The van der Waals surface area contributed by atoms with Gasteiger partial charge in [0.25, 0.3) is 0 Å². The molecule has 1 atom stereocenters. The molecule has 3 rings (SSSR count). The minimum atomic E-state index is 0.0289. The van der Waals surface area contributed by atoms with E-state index in [0.29, 0.717) is 18.2 Å². The molecule has 0 radical (unpaired) electrons. The lowest BCUT2D eigenvalue weighted by Gasteiger charge is -2.36. The quantitative estimate of drug-likeness (QED) is 0.824. The van der Waals surface area contributed by atoms with Crippen molar-refractivity contribution in [3.8, 4) is 5.75 Å². The molecule has 0 bridgehead atoms. The van der Waals surface area contributed by atoms with Crippen LogP contribution in [0, 0.1) is 5.92 Å². The van der Waals surface area contributed by atoms with Crippen LogP contribution in [0.2, 0.25) is 0 Å². The first-order valence-corrected chi connectivity index (χ1v) is 9.64. The molecule has 2 aromatic carbocycles. The number of hydrogen-bond donors (Lipinski definition) is 2. The summed E-state index contributed by atoms with van der Waals surface area (Å²) in [5, 5.41) is 13.2. The summed E-state index contributed by atoms with van der Waals surface area (Å²) in [6.07, 6.45) is 0. The zero-order valence-corrected chi connectivity index (χ0v) is 16.1. The molecular weight excluding hydrogens is 338 g/mol. The van der Waals surface area contributed by atoms with E-state index in [-0.39, 0.29) is 11.9 Å². The number of aromatic hydroxyl groups is 1. The van der Waals surface area contributed by atoms with Crippen molar-refractivity contribution in [1.82, 2.24) is 10.2 Å². The Hall–Kier alpha value is -2.53. The van der Waals surface area contributed by atoms with Crippen LogP contribution in [0.25, 0.3) is 0 Å². The smallest absolute Gasteiger partial charge is 0.234 e. The number of rotatable bonds is 6. The van der Waals surface area contributed by atoms with Crippen molar-refractivity contribution in [1.29, 1.82) is 0 Å². The molecule has 0 aliphatic carbocycles. The maximum Gasteiger partial charge on any atom is 0.234 e.